The first-order valence-corrected chi connectivity index (χ1v) is 10.5. The predicted octanol–water partition coefficient (Wildman–Crippen LogP) is 3.95. The van der Waals surface area contributed by atoms with E-state index in [4.69, 9.17) is 10.00 Å². The third-order valence-corrected chi connectivity index (χ3v) is 5.88. The number of esters is 1. The van der Waals surface area contributed by atoms with Gasteiger partial charge in [-0.2, -0.15) is 18.4 Å². The third-order valence-electron chi connectivity index (χ3n) is 5.05. The Bertz CT molecular complexity index is 1100. The molecule has 1 aliphatic rings. The molecule has 174 valence electrons. The largest absolute Gasteiger partial charge is 0.455 e. The molecule has 1 fully saturated rings. The smallest absolute Gasteiger partial charge is 0.416 e. The highest BCUT2D eigenvalue weighted by Crippen LogP contribution is 2.37. The molecular weight excluding hydrogens is 465 g/mol. The zero-order valence-electron chi connectivity index (χ0n) is 16.9. The van der Waals surface area contributed by atoms with Crippen molar-refractivity contribution in [1.82, 2.24) is 0 Å². The van der Waals surface area contributed by atoms with E-state index >= 15 is 0 Å². The van der Waals surface area contributed by atoms with Crippen LogP contribution in [-0.4, -0.2) is 36.5 Å². The van der Waals surface area contributed by atoms with Crippen molar-refractivity contribution in [3.63, 3.8) is 0 Å². The molecule has 0 spiro atoms. The Balaban J connectivity index is 1.55. The first-order chi connectivity index (χ1) is 15.6. The minimum atomic E-state index is -4.70. The molecule has 2 aromatic rings. The fourth-order valence-electron chi connectivity index (χ4n) is 3.38. The standard InChI is InChI=1S/C20H17F3N4O5S/c21-20(22,23)14-1-2-15(16(9-14)27(30)31)26-6-3-12(4-7-26)19(29)32-11-17(28)25-18-13(10-24)5-8-33-18/h1-2,5,8-9,12H,3-4,6-7,11H2,(H,25,28). The first-order valence-electron chi connectivity index (χ1n) is 9.65. The van der Waals surface area contributed by atoms with Crippen LogP contribution in [0.25, 0.3) is 0 Å². The molecule has 0 saturated carbocycles. The second kappa shape index (κ2) is 9.86. The fraction of sp³-hybridized carbons (Fsp3) is 0.350. The molecular formula is C20H17F3N4O5S. The molecule has 0 bridgehead atoms. The van der Waals surface area contributed by atoms with Crippen LogP contribution in [-0.2, 0) is 20.5 Å². The lowest BCUT2D eigenvalue weighted by molar-refractivity contribution is -0.384. The van der Waals surface area contributed by atoms with Gasteiger partial charge in [0.15, 0.2) is 6.61 Å². The van der Waals surface area contributed by atoms with Crippen LogP contribution in [0.1, 0.15) is 24.0 Å². The molecule has 2 heterocycles. The van der Waals surface area contributed by atoms with Crippen LogP contribution < -0.4 is 10.2 Å². The highest BCUT2D eigenvalue weighted by atomic mass is 32.1. The van der Waals surface area contributed by atoms with Crippen LogP contribution in [0.15, 0.2) is 29.6 Å². The van der Waals surface area contributed by atoms with Gasteiger partial charge in [-0.05, 0) is 36.4 Å². The van der Waals surface area contributed by atoms with Crippen LogP contribution in [0, 0.1) is 27.4 Å². The summed E-state index contributed by atoms with van der Waals surface area (Å²) in [7, 11) is 0. The number of carbonyl (C=O) groups is 2. The third kappa shape index (κ3) is 5.78. The molecule has 33 heavy (non-hydrogen) atoms. The van der Waals surface area contributed by atoms with Crippen LogP contribution >= 0.6 is 11.3 Å². The van der Waals surface area contributed by atoms with Gasteiger partial charge in [0.2, 0.25) is 0 Å². The maximum atomic E-state index is 12.9. The molecule has 1 N–H and O–H groups in total. The number of hydrogen-bond acceptors (Lipinski definition) is 8. The van der Waals surface area contributed by atoms with E-state index in [1.54, 1.807) is 16.3 Å². The maximum Gasteiger partial charge on any atom is 0.416 e. The number of nitrogens with zero attached hydrogens (tertiary/aromatic N) is 3. The summed E-state index contributed by atoms with van der Waals surface area (Å²) in [5.41, 5.74) is -1.43. The number of halogens is 3. The molecule has 3 rings (SSSR count). The molecule has 1 aromatic carbocycles. The average molecular weight is 482 g/mol. The first kappa shape index (κ1) is 24.0. The van der Waals surface area contributed by atoms with Crippen molar-refractivity contribution in [3.8, 4) is 6.07 Å². The summed E-state index contributed by atoms with van der Waals surface area (Å²) in [6.07, 6.45) is -4.20. The predicted molar refractivity (Wildman–Crippen MR) is 112 cm³/mol. The normalized spacial score (nSPS) is 14.4. The summed E-state index contributed by atoms with van der Waals surface area (Å²) in [4.78, 5) is 36.2. The summed E-state index contributed by atoms with van der Waals surface area (Å²) in [6, 6.07) is 5.81. The van der Waals surface area contributed by atoms with Gasteiger partial charge in [0, 0.05) is 19.2 Å². The van der Waals surface area contributed by atoms with E-state index < -0.39 is 46.8 Å². The van der Waals surface area contributed by atoms with E-state index in [0.717, 1.165) is 23.5 Å². The number of nitro benzene ring substituents is 1. The fourth-order valence-corrected chi connectivity index (χ4v) is 4.13. The maximum absolute atomic E-state index is 12.9. The molecule has 0 atom stereocenters. The highest BCUT2D eigenvalue weighted by Gasteiger charge is 2.35. The van der Waals surface area contributed by atoms with Gasteiger partial charge in [0.1, 0.15) is 16.8 Å². The molecule has 9 nitrogen and oxygen atoms in total. The molecule has 0 aliphatic carbocycles. The van der Waals surface area contributed by atoms with Gasteiger partial charge in [0.05, 0.1) is 22.0 Å². The quantitative estimate of drug-likeness (QED) is 0.375. The molecule has 0 radical (unpaired) electrons. The van der Waals surface area contributed by atoms with Crippen molar-refractivity contribution in [2.45, 2.75) is 19.0 Å². The Kier molecular flexibility index (Phi) is 7.17. The van der Waals surface area contributed by atoms with Crippen molar-refractivity contribution in [2.24, 2.45) is 5.92 Å². The van der Waals surface area contributed by atoms with Crippen molar-refractivity contribution in [3.05, 3.63) is 50.9 Å². The van der Waals surface area contributed by atoms with Gasteiger partial charge in [-0.15, -0.1) is 11.3 Å². The number of nitrogens with one attached hydrogen (secondary N) is 1. The van der Waals surface area contributed by atoms with E-state index in [1.807, 2.05) is 6.07 Å². The summed E-state index contributed by atoms with van der Waals surface area (Å²) in [5.74, 6) is -1.77. The summed E-state index contributed by atoms with van der Waals surface area (Å²) in [6.45, 7) is -0.149. The second-order valence-electron chi connectivity index (χ2n) is 7.15. The highest BCUT2D eigenvalue weighted by molar-refractivity contribution is 7.14. The Labute approximate surface area is 189 Å². The lowest BCUT2D eigenvalue weighted by Crippen LogP contribution is -2.37. The zero-order valence-corrected chi connectivity index (χ0v) is 17.7. The summed E-state index contributed by atoms with van der Waals surface area (Å²) < 4.78 is 43.7. The number of nitro groups is 1. The number of alkyl halides is 3. The van der Waals surface area contributed by atoms with Crippen molar-refractivity contribution >= 4 is 39.6 Å². The van der Waals surface area contributed by atoms with Crippen molar-refractivity contribution < 1.29 is 32.4 Å². The topological polar surface area (TPSA) is 126 Å². The van der Waals surface area contributed by atoms with E-state index in [1.165, 1.54) is 0 Å². The number of carbonyl (C=O) groups excluding carboxylic acids is 2. The number of rotatable bonds is 6. The Morgan fingerprint density at radius 1 is 1.30 bits per heavy atom. The number of nitriles is 1. The molecule has 1 aromatic heterocycles. The lowest BCUT2D eigenvalue weighted by Gasteiger charge is -2.32. The summed E-state index contributed by atoms with van der Waals surface area (Å²) >= 11 is 1.16. The number of amides is 1. The number of anilines is 2. The van der Waals surface area contributed by atoms with Gasteiger partial charge >= 0.3 is 12.1 Å². The number of ether oxygens (including phenoxy) is 1. The van der Waals surface area contributed by atoms with Gasteiger partial charge in [-0.1, -0.05) is 0 Å². The molecule has 0 unspecified atom stereocenters. The number of thiophene rings is 1. The van der Waals surface area contributed by atoms with Crippen LogP contribution in [0.3, 0.4) is 0 Å². The van der Waals surface area contributed by atoms with Crippen molar-refractivity contribution in [1.29, 1.82) is 5.26 Å². The number of hydrogen-bond donors (Lipinski definition) is 1. The molecule has 1 amide bonds. The summed E-state index contributed by atoms with van der Waals surface area (Å²) in [5, 5.41) is 24.7. The Hall–Kier alpha value is -3.66. The van der Waals surface area contributed by atoms with Crippen molar-refractivity contribution in [2.75, 3.05) is 29.9 Å². The Morgan fingerprint density at radius 3 is 2.61 bits per heavy atom. The van der Waals surface area contributed by atoms with E-state index in [-0.39, 0.29) is 31.6 Å². The van der Waals surface area contributed by atoms with E-state index in [2.05, 4.69) is 5.32 Å². The minimum absolute atomic E-state index is 0.0449. The average Bonchev–Trinajstić information content (AvgIpc) is 3.23. The Morgan fingerprint density at radius 2 is 2.00 bits per heavy atom. The lowest BCUT2D eigenvalue weighted by atomic mass is 9.96. The minimum Gasteiger partial charge on any atom is -0.455 e. The van der Waals surface area contributed by atoms with Gasteiger partial charge in [-0.3, -0.25) is 19.7 Å². The zero-order chi connectivity index (χ0) is 24.2. The SMILES string of the molecule is N#Cc1ccsc1NC(=O)COC(=O)C1CCN(c2ccc(C(F)(F)F)cc2[N+](=O)[O-])CC1. The van der Waals surface area contributed by atoms with Crippen LogP contribution in [0.2, 0.25) is 0 Å². The molecule has 1 aliphatic heterocycles. The van der Waals surface area contributed by atoms with Gasteiger partial charge in [0.25, 0.3) is 11.6 Å². The van der Waals surface area contributed by atoms with Gasteiger partial charge in [-0.25, -0.2) is 0 Å². The second-order valence-corrected chi connectivity index (χ2v) is 8.07. The number of benzene rings is 1. The van der Waals surface area contributed by atoms with Crippen LogP contribution in [0.5, 0.6) is 0 Å². The van der Waals surface area contributed by atoms with Gasteiger partial charge < -0.3 is 15.0 Å². The van der Waals surface area contributed by atoms with E-state index in [0.29, 0.717) is 16.6 Å². The molecule has 13 heteroatoms. The molecule has 1 saturated heterocycles. The van der Waals surface area contributed by atoms with E-state index in [9.17, 15) is 32.9 Å². The number of piperidine rings is 1. The van der Waals surface area contributed by atoms with Crippen LogP contribution in [0.4, 0.5) is 29.5 Å². The monoisotopic (exact) mass is 482 g/mol.